The van der Waals surface area contributed by atoms with Gasteiger partial charge in [0.2, 0.25) is 5.91 Å². The Balaban J connectivity index is 2.59. The third kappa shape index (κ3) is 4.18. The molecule has 0 spiro atoms. The van der Waals surface area contributed by atoms with Crippen molar-refractivity contribution in [2.75, 3.05) is 0 Å². The molecular formula is C13H18N2O3. The number of aliphatic carboxylic acids is 1. The minimum atomic E-state index is -1.08. The summed E-state index contributed by atoms with van der Waals surface area (Å²) in [4.78, 5) is 22.1. The molecule has 1 rings (SSSR count). The third-order valence-electron chi connectivity index (χ3n) is 2.67. The van der Waals surface area contributed by atoms with Gasteiger partial charge in [0.05, 0.1) is 18.5 Å². The monoisotopic (exact) mass is 250 g/mol. The molecule has 2 unspecified atom stereocenters. The van der Waals surface area contributed by atoms with E-state index in [0.717, 1.165) is 11.1 Å². The topological polar surface area (TPSA) is 92.4 Å². The number of hydrogen-bond acceptors (Lipinski definition) is 3. The van der Waals surface area contributed by atoms with Crippen LogP contribution in [0.1, 0.15) is 30.5 Å². The Kier molecular flexibility index (Phi) is 4.85. The van der Waals surface area contributed by atoms with Crippen molar-refractivity contribution in [3.05, 3.63) is 35.4 Å². The number of carboxylic acids is 1. The minimum absolute atomic E-state index is 0.196. The second-order valence-electron chi connectivity index (χ2n) is 4.35. The first-order valence-electron chi connectivity index (χ1n) is 5.74. The van der Waals surface area contributed by atoms with Gasteiger partial charge in [0, 0.05) is 0 Å². The van der Waals surface area contributed by atoms with Gasteiger partial charge in [-0.15, -0.1) is 0 Å². The maximum atomic E-state index is 11.6. The SMILES string of the molecule is Cc1ccc(C(C)NC(=O)C(N)CC(=O)O)cc1. The van der Waals surface area contributed by atoms with Crippen molar-refractivity contribution in [3.63, 3.8) is 0 Å². The first-order valence-corrected chi connectivity index (χ1v) is 5.74. The van der Waals surface area contributed by atoms with Gasteiger partial charge in [-0.2, -0.15) is 0 Å². The lowest BCUT2D eigenvalue weighted by molar-refractivity contribution is -0.139. The number of benzene rings is 1. The molecule has 1 aromatic rings. The molecule has 0 radical (unpaired) electrons. The molecule has 98 valence electrons. The van der Waals surface area contributed by atoms with Crippen molar-refractivity contribution < 1.29 is 14.7 Å². The molecule has 0 aromatic heterocycles. The molecule has 0 aliphatic heterocycles. The van der Waals surface area contributed by atoms with E-state index >= 15 is 0 Å². The Morgan fingerprint density at radius 2 is 1.89 bits per heavy atom. The van der Waals surface area contributed by atoms with E-state index in [0.29, 0.717) is 0 Å². The summed E-state index contributed by atoms with van der Waals surface area (Å²) in [5.41, 5.74) is 7.57. The smallest absolute Gasteiger partial charge is 0.305 e. The molecular weight excluding hydrogens is 232 g/mol. The average Bonchev–Trinajstić information content (AvgIpc) is 2.28. The summed E-state index contributed by atoms with van der Waals surface area (Å²) >= 11 is 0. The lowest BCUT2D eigenvalue weighted by atomic mass is 10.1. The molecule has 2 atom stereocenters. The second-order valence-corrected chi connectivity index (χ2v) is 4.35. The number of nitrogens with one attached hydrogen (secondary N) is 1. The Labute approximate surface area is 106 Å². The lowest BCUT2D eigenvalue weighted by Gasteiger charge is -2.17. The van der Waals surface area contributed by atoms with Gasteiger partial charge in [-0.3, -0.25) is 9.59 Å². The van der Waals surface area contributed by atoms with E-state index in [9.17, 15) is 9.59 Å². The van der Waals surface area contributed by atoms with Crippen LogP contribution in [0.4, 0.5) is 0 Å². The van der Waals surface area contributed by atoms with Crippen LogP contribution in [0.5, 0.6) is 0 Å². The summed E-state index contributed by atoms with van der Waals surface area (Å²) in [5, 5.41) is 11.2. The minimum Gasteiger partial charge on any atom is -0.481 e. The van der Waals surface area contributed by atoms with Gasteiger partial charge in [-0.1, -0.05) is 29.8 Å². The fourth-order valence-electron chi connectivity index (χ4n) is 1.54. The number of aryl methyl sites for hydroxylation is 1. The van der Waals surface area contributed by atoms with Gasteiger partial charge in [-0.05, 0) is 19.4 Å². The summed E-state index contributed by atoms with van der Waals surface area (Å²) in [6, 6.07) is 6.53. The average molecular weight is 250 g/mol. The van der Waals surface area contributed by atoms with Gasteiger partial charge in [0.25, 0.3) is 0 Å². The maximum absolute atomic E-state index is 11.6. The highest BCUT2D eigenvalue weighted by molar-refractivity contribution is 5.86. The standard InChI is InChI=1S/C13H18N2O3/c1-8-3-5-10(6-4-8)9(2)15-13(18)11(14)7-12(16)17/h3-6,9,11H,7,14H2,1-2H3,(H,15,18)(H,16,17). The predicted molar refractivity (Wildman–Crippen MR) is 68.0 cm³/mol. The van der Waals surface area contributed by atoms with Crippen molar-refractivity contribution in [2.24, 2.45) is 5.73 Å². The van der Waals surface area contributed by atoms with E-state index in [4.69, 9.17) is 10.8 Å². The summed E-state index contributed by atoms with van der Waals surface area (Å²) in [7, 11) is 0. The molecule has 0 saturated carbocycles. The number of nitrogens with two attached hydrogens (primary N) is 1. The van der Waals surface area contributed by atoms with Crippen LogP contribution in [0.15, 0.2) is 24.3 Å². The highest BCUT2D eigenvalue weighted by Gasteiger charge is 2.19. The van der Waals surface area contributed by atoms with Crippen molar-refractivity contribution in [1.29, 1.82) is 0 Å². The fraction of sp³-hybridized carbons (Fsp3) is 0.385. The molecule has 0 bridgehead atoms. The van der Waals surface area contributed by atoms with Crippen molar-refractivity contribution >= 4 is 11.9 Å². The van der Waals surface area contributed by atoms with Gasteiger partial charge in [0.15, 0.2) is 0 Å². The second kappa shape index (κ2) is 6.16. The first kappa shape index (κ1) is 14.2. The number of hydrogen-bond donors (Lipinski definition) is 3. The largest absolute Gasteiger partial charge is 0.481 e. The zero-order chi connectivity index (χ0) is 13.7. The van der Waals surface area contributed by atoms with E-state index < -0.39 is 17.9 Å². The molecule has 0 heterocycles. The van der Waals surface area contributed by atoms with Crippen LogP contribution in [-0.2, 0) is 9.59 Å². The zero-order valence-corrected chi connectivity index (χ0v) is 10.5. The Morgan fingerprint density at radius 3 is 2.39 bits per heavy atom. The lowest BCUT2D eigenvalue weighted by Crippen LogP contribution is -2.42. The van der Waals surface area contributed by atoms with Gasteiger partial charge in [0.1, 0.15) is 0 Å². The molecule has 1 aromatic carbocycles. The molecule has 0 aliphatic rings. The van der Waals surface area contributed by atoms with Crippen LogP contribution in [0.2, 0.25) is 0 Å². The van der Waals surface area contributed by atoms with E-state index in [1.807, 2.05) is 38.1 Å². The normalized spacial score (nSPS) is 13.7. The molecule has 1 amide bonds. The van der Waals surface area contributed by atoms with Crippen LogP contribution < -0.4 is 11.1 Å². The van der Waals surface area contributed by atoms with Crippen LogP contribution in [0, 0.1) is 6.92 Å². The highest BCUT2D eigenvalue weighted by Crippen LogP contribution is 2.13. The maximum Gasteiger partial charge on any atom is 0.305 e. The molecule has 0 saturated heterocycles. The molecule has 18 heavy (non-hydrogen) atoms. The van der Waals surface area contributed by atoms with E-state index in [-0.39, 0.29) is 12.5 Å². The van der Waals surface area contributed by atoms with Crippen LogP contribution in [0.25, 0.3) is 0 Å². The van der Waals surface area contributed by atoms with Crippen molar-refractivity contribution in [2.45, 2.75) is 32.4 Å². The molecule has 5 nitrogen and oxygen atoms in total. The molecule has 4 N–H and O–H groups in total. The van der Waals surface area contributed by atoms with Gasteiger partial charge < -0.3 is 16.2 Å². The van der Waals surface area contributed by atoms with E-state index in [1.54, 1.807) is 0 Å². The van der Waals surface area contributed by atoms with Crippen LogP contribution >= 0.6 is 0 Å². The van der Waals surface area contributed by atoms with Gasteiger partial charge >= 0.3 is 5.97 Å². The van der Waals surface area contributed by atoms with E-state index in [2.05, 4.69) is 5.32 Å². The molecule has 0 fully saturated rings. The molecule has 5 heteroatoms. The highest BCUT2D eigenvalue weighted by atomic mass is 16.4. The Morgan fingerprint density at radius 1 is 1.33 bits per heavy atom. The Bertz CT molecular complexity index is 428. The van der Waals surface area contributed by atoms with Crippen molar-refractivity contribution in [3.8, 4) is 0 Å². The van der Waals surface area contributed by atoms with Gasteiger partial charge in [-0.25, -0.2) is 0 Å². The van der Waals surface area contributed by atoms with Crippen molar-refractivity contribution in [1.82, 2.24) is 5.32 Å². The number of carbonyl (C=O) groups is 2. The summed E-state index contributed by atoms with van der Waals surface area (Å²) < 4.78 is 0. The Hall–Kier alpha value is -1.88. The summed E-state index contributed by atoms with van der Waals surface area (Å²) in [5.74, 6) is -1.54. The van der Waals surface area contributed by atoms with Crippen LogP contribution in [0.3, 0.4) is 0 Å². The number of rotatable bonds is 5. The number of carbonyl (C=O) groups excluding carboxylic acids is 1. The quantitative estimate of drug-likeness (QED) is 0.726. The number of amides is 1. The van der Waals surface area contributed by atoms with E-state index in [1.165, 1.54) is 0 Å². The predicted octanol–water partition coefficient (Wildman–Crippen LogP) is 0.974. The van der Waals surface area contributed by atoms with Crippen LogP contribution in [-0.4, -0.2) is 23.0 Å². The molecule has 0 aliphatic carbocycles. The summed E-state index contributed by atoms with van der Waals surface area (Å²) in [6.45, 7) is 3.81. The summed E-state index contributed by atoms with van der Waals surface area (Å²) in [6.07, 6.45) is -0.369. The zero-order valence-electron chi connectivity index (χ0n) is 10.5. The number of carboxylic acid groups (broad SMARTS) is 1. The first-order chi connectivity index (χ1) is 8.40. The fourth-order valence-corrected chi connectivity index (χ4v) is 1.54. The third-order valence-corrected chi connectivity index (χ3v) is 2.67.